The molecule has 0 spiro atoms. The molecular formula is C10H18O. The molecule has 1 aliphatic heterocycles. The molecule has 1 heteroatoms. The molecule has 1 aliphatic carbocycles. The van der Waals surface area contributed by atoms with Gasteiger partial charge < -0.3 is 4.74 Å². The Hall–Kier alpha value is -0.0400. The maximum atomic E-state index is 5.76. The molecule has 0 bridgehead atoms. The van der Waals surface area contributed by atoms with Crippen LogP contribution in [0, 0.1) is 11.3 Å². The van der Waals surface area contributed by atoms with E-state index in [1.165, 1.54) is 19.3 Å². The molecule has 0 N–H and O–H groups in total. The lowest BCUT2D eigenvalue weighted by molar-refractivity contribution is -0.195. The minimum Gasteiger partial charge on any atom is -0.375 e. The van der Waals surface area contributed by atoms with Crippen molar-refractivity contribution >= 4 is 0 Å². The highest BCUT2D eigenvalue weighted by Gasteiger charge is 2.53. The van der Waals surface area contributed by atoms with Gasteiger partial charge in [-0.3, -0.25) is 0 Å². The second kappa shape index (κ2) is 2.01. The zero-order valence-electron chi connectivity index (χ0n) is 7.81. The molecule has 0 aromatic rings. The van der Waals surface area contributed by atoms with Crippen LogP contribution >= 0.6 is 0 Å². The van der Waals surface area contributed by atoms with Crippen LogP contribution in [0.15, 0.2) is 0 Å². The third-order valence-corrected chi connectivity index (χ3v) is 3.83. The summed E-state index contributed by atoms with van der Waals surface area (Å²) in [5.41, 5.74) is 0.785. The third-order valence-electron chi connectivity index (χ3n) is 3.83. The molecule has 0 aromatic carbocycles. The zero-order valence-corrected chi connectivity index (χ0v) is 7.81. The molecule has 0 radical (unpaired) electrons. The van der Waals surface area contributed by atoms with E-state index in [0.717, 1.165) is 12.5 Å². The molecule has 2 atom stereocenters. The number of fused-ring (bicyclic) bond motifs is 1. The largest absolute Gasteiger partial charge is 0.375 e. The maximum absolute atomic E-state index is 5.76. The van der Waals surface area contributed by atoms with E-state index in [9.17, 15) is 0 Å². The topological polar surface area (TPSA) is 9.23 Å². The molecule has 1 saturated carbocycles. The molecule has 2 fully saturated rings. The van der Waals surface area contributed by atoms with Crippen molar-refractivity contribution in [1.29, 1.82) is 0 Å². The van der Waals surface area contributed by atoms with Crippen molar-refractivity contribution in [2.75, 3.05) is 6.61 Å². The van der Waals surface area contributed by atoms with Gasteiger partial charge in [-0.25, -0.2) is 0 Å². The van der Waals surface area contributed by atoms with E-state index in [1.807, 2.05) is 0 Å². The first kappa shape index (κ1) is 7.60. The Labute approximate surface area is 69.1 Å². The summed E-state index contributed by atoms with van der Waals surface area (Å²) < 4.78 is 5.76. The molecule has 1 heterocycles. The predicted molar refractivity (Wildman–Crippen MR) is 45.5 cm³/mol. The Morgan fingerprint density at radius 1 is 1.18 bits per heavy atom. The van der Waals surface area contributed by atoms with Gasteiger partial charge in [0, 0.05) is 6.61 Å². The third kappa shape index (κ3) is 0.936. The van der Waals surface area contributed by atoms with Crippen LogP contribution in [0.3, 0.4) is 0 Å². The lowest BCUT2D eigenvalue weighted by atomic mass is 9.53. The molecule has 0 unspecified atom stereocenters. The van der Waals surface area contributed by atoms with Crippen LogP contribution in [0.5, 0.6) is 0 Å². The summed E-state index contributed by atoms with van der Waals surface area (Å²) in [6.45, 7) is 7.88. The smallest absolute Gasteiger partial charge is 0.0659 e. The summed E-state index contributed by atoms with van der Waals surface area (Å²) in [6.07, 6.45) is 4.08. The van der Waals surface area contributed by atoms with Crippen molar-refractivity contribution in [2.45, 2.75) is 45.6 Å². The Kier molecular flexibility index (Phi) is 1.39. The summed E-state index contributed by atoms with van der Waals surface area (Å²) in [5, 5.41) is 0. The molecule has 2 aliphatic rings. The van der Waals surface area contributed by atoms with Crippen LogP contribution in [0.2, 0.25) is 0 Å². The van der Waals surface area contributed by atoms with Gasteiger partial charge in [-0.2, -0.15) is 0 Å². The van der Waals surface area contributed by atoms with Gasteiger partial charge in [-0.1, -0.05) is 6.92 Å². The average molecular weight is 154 g/mol. The second-order valence-electron chi connectivity index (χ2n) is 4.95. The predicted octanol–water partition coefficient (Wildman–Crippen LogP) is 2.60. The fourth-order valence-corrected chi connectivity index (χ4v) is 2.92. The molecule has 1 nitrogen and oxygen atoms in total. The lowest BCUT2D eigenvalue weighted by Gasteiger charge is -2.58. The average Bonchev–Trinajstić information content (AvgIpc) is 1.81. The normalized spacial score (nSPS) is 47.7. The van der Waals surface area contributed by atoms with Crippen LogP contribution in [0.1, 0.15) is 40.0 Å². The van der Waals surface area contributed by atoms with Gasteiger partial charge in [0.15, 0.2) is 0 Å². The Bertz CT molecular complexity index is 162. The van der Waals surface area contributed by atoms with E-state index in [0.29, 0.717) is 5.41 Å². The SMILES string of the molecule is CC1(C)OCC[C@@]2(C)CC[C@@H]12. The highest BCUT2D eigenvalue weighted by molar-refractivity contribution is 5.02. The first-order chi connectivity index (χ1) is 5.05. The molecule has 1 saturated heterocycles. The first-order valence-corrected chi connectivity index (χ1v) is 4.69. The highest BCUT2D eigenvalue weighted by Crippen LogP contribution is 2.57. The van der Waals surface area contributed by atoms with Gasteiger partial charge >= 0.3 is 0 Å². The molecular weight excluding hydrogens is 136 g/mol. The Balaban J connectivity index is 2.18. The van der Waals surface area contributed by atoms with Gasteiger partial charge in [0.1, 0.15) is 0 Å². The van der Waals surface area contributed by atoms with Gasteiger partial charge in [0.25, 0.3) is 0 Å². The second-order valence-corrected chi connectivity index (χ2v) is 4.95. The van der Waals surface area contributed by atoms with Gasteiger partial charge in [-0.05, 0) is 44.4 Å². The molecule has 11 heavy (non-hydrogen) atoms. The van der Waals surface area contributed by atoms with Crippen molar-refractivity contribution in [3.8, 4) is 0 Å². The monoisotopic (exact) mass is 154 g/mol. The van der Waals surface area contributed by atoms with Crippen LogP contribution < -0.4 is 0 Å². The standard InChI is InChI=1S/C10H18O/c1-9(2)8-4-5-10(8,3)6-7-11-9/h8H,4-7H2,1-3H3/t8-,10+/m0/s1. The maximum Gasteiger partial charge on any atom is 0.0659 e. The molecule has 0 amide bonds. The van der Waals surface area contributed by atoms with E-state index in [4.69, 9.17) is 4.74 Å². The van der Waals surface area contributed by atoms with Crippen molar-refractivity contribution < 1.29 is 4.74 Å². The van der Waals surface area contributed by atoms with Crippen molar-refractivity contribution in [1.82, 2.24) is 0 Å². The summed E-state index contributed by atoms with van der Waals surface area (Å²) in [7, 11) is 0. The van der Waals surface area contributed by atoms with Crippen molar-refractivity contribution in [3.63, 3.8) is 0 Å². The summed E-state index contributed by atoms with van der Waals surface area (Å²) in [5.74, 6) is 0.823. The minimum absolute atomic E-state index is 0.158. The fraction of sp³-hybridized carbons (Fsp3) is 1.00. The van der Waals surface area contributed by atoms with Crippen LogP contribution in [0.25, 0.3) is 0 Å². The highest BCUT2D eigenvalue weighted by atomic mass is 16.5. The summed E-state index contributed by atoms with van der Waals surface area (Å²) in [4.78, 5) is 0. The van der Waals surface area contributed by atoms with Crippen LogP contribution in [-0.2, 0) is 4.74 Å². The summed E-state index contributed by atoms with van der Waals surface area (Å²) in [6, 6.07) is 0. The quantitative estimate of drug-likeness (QED) is 0.521. The number of rotatable bonds is 0. The van der Waals surface area contributed by atoms with Gasteiger partial charge in [0.2, 0.25) is 0 Å². The number of hydrogen-bond donors (Lipinski definition) is 0. The van der Waals surface area contributed by atoms with Gasteiger partial charge in [-0.15, -0.1) is 0 Å². The number of ether oxygens (including phenoxy) is 1. The van der Waals surface area contributed by atoms with Crippen molar-refractivity contribution in [3.05, 3.63) is 0 Å². The van der Waals surface area contributed by atoms with E-state index in [1.54, 1.807) is 0 Å². The first-order valence-electron chi connectivity index (χ1n) is 4.69. The Morgan fingerprint density at radius 3 is 2.27 bits per heavy atom. The molecule has 64 valence electrons. The number of hydrogen-bond acceptors (Lipinski definition) is 1. The van der Waals surface area contributed by atoms with Crippen LogP contribution in [0.4, 0.5) is 0 Å². The van der Waals surface area contributed by atoms with Crippen LogP contribution in [-0.4, -0.2) is 12.2 Å². The lowest BCUT2D eigenvalue weighted by Crippen LogP contribution is -2.55. The fourth-order valence-electron chi connectivity index (χ4n) is 2.92. The summed E-state index contributed by atoms with van der Waals surface area (Å²) >= 11 is 0. The van der Waals surface area contributed by atoms with E-state index < -0.39 is 0 Å². The zero-order chi connectivity index (χ0) is 8.11. The molecule has 0 aromatic heterocycles. The molecule has 2 rings (SSSR count). The van der Waals surface area contributed by atoms with E-state index >= 15 is 0 Å². The van der Waals surface area contributed by atoms with Crippen molar-refractivity contribution in [2.24, 2.45) is 11.3 Å². The minimum atomic E-state index is 0.158. The van der Waals surface area contributed by atoms with Gasteiger partial charge in [0.05, 0.1) is 5.60 Å². The van der Waals surface area contributed by atoms with E-state index in [-0.39, 0.29) is 5.60 Å². The Morgan fingerprint density at radius 2 is 1.91 bits per heavy atom. The van der Waals surface area contributed by atoms with E-state index in [2.05, 4.69) is 20.8 Å².